The number of benzene rings is 1. The Hall–Kier alpha value is -3.03. The quantitative estimate of drug-likeness (QED) is 0.704. The zero-order valence-corrected chi connectivity index (χ0v) is 13.0. The first-order chi connectivity index (χ1) is 10.9. The van der Waals surface area contributed by atoms with E-state index in [0.717, 1.165) is 0 Å². The average Bonchev–Trinajstić information content (AvgIpc) is 2.85. The van der Waals surface area contributed by atoms with E-state index in [2.05, 4.69) is 10.6 Å². The summed E-state index contributed by atoms with van der Waals surface area (Å²) in [6, 6.07) is 5.32. The summed E-state index contributed by atoms with van der Waals surface area (Å²) >= 11 is 0. The van der Waals surface area contributed by atoms with Crippen molar-refractivity contribution in [2.45, 2.75) is 13.3 Å². The normalized spacial score (nSPS) is 12.6. The highest BCUT2D eigenvalue weighted by Gasteiger charge is 2.24. The number of nitrogens with one attached hydrogen (secondary N) is 2. The molecule has 1 aromatic rings. The minimum absolute atomic E-state index is 0.222. The fraction of sp³-hybridized carbons (Fsp3) is 0.267. The third-order valence-corrected chi connectivity index (χ3v) is 2.74. The predicted octanol–water partition coefficient (Wildman–Crippen LogP) is 0.729. The van der Waals surface area contributed by atoms with Gasteiger partial charge in [-0.3, -0.25) is 14.4 Å². The van der Waals surface area contributed by atoms with Gasteiger partial charge in [-0.1, -0.05) is 19.1 Å². The number of amides is 2. The SMILES string of the molecule is CCC(=O)O.COc1cccc(C=C2NC(=O)C(=O)N2)c1OC. The monoisotopic (exact) mass is 322 g/mol. The van der Waals surface area contributed by atoms with Gasteiger partial charge < -0.3 is 25.2 Å². The molecule has 1 aromatic carbocycles. The molecule has 2 rings (SSSR count). The molecule has 0 atom stereocenters. The van der Waals surface area contributed by atoms with Gasteiger partial charge in [-0.15, -0.1) is 0 Å². The van der Waals surface area contributed by atoms with Gasteiger partial charge in [0.1, 0.15) is 5.82 Å². The molecule has 0 saturated carbocycles. The lowest BCUT2D eigenvalue weighted by atomic mass is 10.1. The maximum atomic E-state index is 11.0. The van der Waals surface area contributed by atoms with Crippen molar-refractivity contribution in [3.05, 3.63) is 29.6 Å². The zero-order chi connectivity index (χ0) is 17.4. The summed E-state index contributed by atoms with van der Waals surface area (Å²) in [6.07, 6.45) is 1.82. The number of rotatable bonds is 4. The number of carbonyl (C=O) groups excluding carboxylic acids is 2. The Labute approximate surface area is 133 Å². The van der Waals surface area contributed by atoms with Crippen LogP contribution in [-0.2, 0) is 14.4 Å². The number of ether oxygens (including phenoxy) is 2. The van der Waals surface area contributed by atoms with E-state index in [1.807, 2.05) is 0 Å². The highest BCUT2D eigenvalue weighted by atomic mass is 16.5. The first-order valence-electron chi connectivity index (χ1n) is 6.69. The molecule has 1 heterocycles. The third-order valence-electron chi connectivity index (χ3n) is 2.74. The fourth-order valence-electron chi connectivity index (χ4n) is 1.64. The first kappa shape index (κ1) is 18.0. The Kier molecular flexibility index (Phi) is 6.60. The Morgan fingerprint density at radius 2 is 1.74 bits per heavy atom. The summed E-state index contributed by atoms with van der Waals surface area (Å²) < 4.78 is 10.4. The van der Waals surface area contributed by atoms with Gasteiger partial charge in [0.15, 0.2) is 11.5 Å². The second kappa shape index (κ2) is 8.42. The number of para-hydroxylation sites is 1. The lowest BCUT2D eigenvalue weighted by Crippen LogP contribution is -2.19. The van der Waals surface area contributed by atoms with Crippen LogP contribution in [0, 0.1) is 0 Å². The van der Waals surface area contributed by atoms with Crippen molar-refractivity contribution >= 4 is 23.9 Å². The lowest BCUT2D eigenvalue weighted by Gasteiger charge is -2.10. The Balaban J connectivity index is 0.000000463. The van der Waals surface area contributed by atoms with Gasteiger partial charge in [-0.2, -0.15) is 0 Å². The zero-order valence-electron chi connectivity index (χ0n) is 13.0. The van der Waals surface area contributed by atoms with Crippen LogP contribution in [0.1, 0.15) is 18.9 Å². The number of aliphatic carboxylic acids is 1. The van der Waals surface area contributed by atoms with Crippen LogP contribution < -0.4 is 20.1 Å². The van der Waals surface area contributed by atoms with Gasteiger partial charge in [-0.25, -0.2) is 0 Å². The number of hydrogen-bond donors (Lipinski definition) is 3. The van der Waals surface area contributed by atoms with E-state index in [1.54, 1.807) is 31.2 Å². The molecule has 0 aliphatic carbocycles. The second-order valence-electron chi connectivity index (χ2n) is 4.30. The highest BCUT2D eigenvalue weighted by Crippen LogP contribution is 2.31. The molecule has 0 bridgehead atoms. The van der Waals surface area contributed by atoms with Crippen molar-refractivity contribution in [1.29, 1.82) is 0 Å². The van der Waals surface area contributed by atoms with E-state index >= 15 is 0 Å². The van der Waals surface area contributed by atoms with Crippen LogP contribution in [0.2, 0.25) is 0 Å². The van der Waals surface area contributed by atoms with Crippen LogP contribution in [0.3, 0.4) is 0 Å². The minimum Gasteiger partial charge on any atom is -0.493 e. The molecule has 1 aliphatic rings. The Morgan fingerprint density at radius 1 is 1.17 bits per heavy atom. The van der Waals surface area contributed by atoms with Gasteiger partial charge in [0.2, 0.25) is 0 Å². The summed E-state index contributed by atoms with van der Waals surface area (Å²) in [5.74, 6) is -0.682. The van der Waals surface area contributed by atoms with E-state index in [0.29, 0.717) is 22.9 Å². The maximum Gasteiger partial charge on any atom is 0.315 e. The second-order valence-corrected chi connectivity index (χ2v) is 4.30. The molecule has 3 N–H and O–H groups in total. The predicted molar refractivity (Wildman–Crippen MR) is 81.7 cm³/mol. The number of carboxylic acid groups (broad SMARTS) is 1. The molecule has 124 valence electrons. The molecule has 1 saturated heterocycles. The van der Waals surface area contributed by atoms with Gasteiger partial charge in [-0.05, 0) is 12.1 Å². The summed E-state index contributed by atoms with van der Waals surface area (Å²) in [7, 11) is 3.06. The van der Waals surface area contributed by atoms with E-state index in [9.17, 15) is 14.4 Å². The molecule has 8 heteroatoms. The number of carbonyl (C=O) groups is 3. The molecule has 0 spiro atoms. The third kappa shape index (κ3) is 5.03. The molecule has 0 aromatic heterocycles. The molecule has 2 amide bonds. The van der Waals surface area contributed by atoms with Crippen LogP contribution in [0.4, 0.5) is 0 Å². The fourth-order valence-corrected chi connectivity index (χ4v) is 1.64. The highest BCUT2D eigenvalue weighted by molar-refractivity contribution is 6.38. The summed E-state index contributed by atoms with van der Waals surface area (Å²) in [6.45, 7) is 1.60. The molecular weight excluding hydrogens is 304 g/mol. The molecule has 0 unspecified atom stereocenters. The maximum absolute atomic E-state index is 11.0. The van der Waals surface area contributed by atoms with Gasteiger partial charge in [0, 0.05) is 12.0 Å². The summed E-state index contributed by atoms with van der Waals surface area (Å²) in [5, 5.41) is 12.5. The van der Waals surface area contributed by atoms with E-state index in [-0.39, 0.29) is 6.42 Å². The van der Waals surface area contributed by atoms with E-state index < -0.39 is 17.8 Å². The Morgan fingerprint density at radius 3 is 2.17 bits per heavy atom. The number of methoxy groups -OCH3 is 2. The van der Waals surface area contributed by atoms with Crippen molar-refractivity contribution in [3.63, 3.8) is 0 Å². The van der Waals surface area contributed by atoms with Crippen molar-refractivity contribution in [2.24, 2.45) is 0 Å². The summed E-state index contributed by atoms with van der Waals surface area (Å²) in [4.78, 5) is 31.4. The van der Waals surface area contributed by atoms with Crippen LogP contribution in [0.5, 0.6) is 11.5 Å². The van der Waals surface area contributed by atoms with Crippen molar-refractivity contribution < 1.29 is 29.0 Å². The molecule has 0 radical (unpaired) electrons. The van der Waals surface area contributed by atoms with Crippen molar-refractivity contribution in [3.8, 4) is 11.5 Å². The van der Waals surface area contributed by atoms with Gasteiger partial charge >= 0.3 is 17.8 Å². The smallest absolute Gasteiger partial charge is 0.315 e. The standard InChI is InChI=1S/C12H12N2O4.C3H6O2/c1-17-8-5-3-4-7(10(8)18-2)6-9-13-11(15)12(16)14-9;1-2-3(4)5/h3-6H,1-2H3,(H,13,15)(H,14,16);2H2,1H3,(H,4,5). The van der Waals surface area contributed by atoms with Gasteiger partial charge in [0.25, 0.3) is 0 Å². The van der Waals surface area contributed by atoms with Gasteiger partial charge in [0.05, 0.1) is 14.2 Å². The molecular formula is C15H18N2O6. The Bertz CT molecular complexity index is 621. The van der Waals surface area contributed by atoms with Crippen LogP contribution in [0.15, 0.2) is 24.0 Å². The lowest BCUT2D eigenvalue weighted by molar-refractivity contribution is -0.136. The van der Waals surface area contributed by atoms with Crippen LogP contribution in [-0.4, -0.2) is 37.1 Å². The van der Waals surface area contributed by atoms with E-state index in [4.69, 9.17) is 14.6 Å². The van der Waals surface area contributed by atoms with Crippen molar-refractivity contribution in [1.82, 2.24) is 10.6 Å². The molecule has 1 fully saturated rings. The first-order valence-corrected chi connectivity index (χ1v) is 6.69. The topological polar surface area (TPSA) is 114 Å². The minimum atomic E-state index is -0.745. The summed E-state index contributed by atoms with van der Waals surface area (Å²) in [5.41, 5.74) is 0.689. The average molecular weight is 322 g/mol. The molecule has 8 nitrogen and oxygen atoms in total. The van der Waals surface area contributed by atoms with E-state index in [1.165, 1.54) is 14.2 Å². The molecule has 23 heavy (non-hydrogen) atoms. The number of carboxylic acids is 1. The largest absolute Gasteiger partial charge is 0.493 e. The van der Waals surface area contributed by atoms with Crippen LogP contribution >= 0.6 is 0 Å². The number of hydrogen-bond acceptors (Lipinski definition) is 5. The van der Waals surface area contributed by atoms with Crippen LogP contribution in [0.25, 0.3) is 6.08 Å². The molecule has 1 aliphatic heterocycles. The van der Waals surface area contributed by atoms with Crippen molar-refractivity contribution in [2.75, 3.05) is 14.2 Å².